The minimum atomic E-state index is 0.648. The molecule has 23 heavy (non-hydrogen) atoms. The highest BCUT2D eigenvalue weighted by molar-refractivity contribution is 7.13. The summed E-state index contributed by atoms with van der Waals surface area (Å²) in [4.78, 5) is 5.15. The fraction of sp³-hybridized carbons (Fsp3) is 0.632. The van der Waals surface area contributed by atoms with Gasteiger partial charge in [0.15, 0.2) is 0 Å². The number of rotatable bonds is 6. The molecule has 1 aliphatic heterocycles. The summed E-state index contributed by atoms with van der Waals surface area (Å²) >= 11 is 1.67. The van der Waals surface area contributed by atoms with Gasteiger partial charge in [0.2, 0.25) is 0 Å². The lowest BCUT2D eigenvalue weighted by molar-refractivity contribution is 0.178. The largest absolute Gasteiger partial charge is 0.303 e. The minimum Gasteiger partial charge on any atom is -0.303 e. The van der Waals surface area contributed by atoms with Crippen LogP contribution >= 0.6 is 11.5 Å². The van der Waals surface area contributed by atoms with E-state index in [-0.39, 0.29) is 0 Å². The van der Waals surface area contributed by atoms with Gasteiger partial charge in [-0.2, -0.15) is 4.37 Å². The zero-order valence-corrected chi connectivity index (χ0v) is 15.5. The van der Waals surface area contributed by atoms with Crippen LogP contribution < -0.4 is 0 Å². The van der Waals surface area contributed by atoms with Crippen molar-refractivity contribution >= 4 is 21.6 Å². The quantitative estimate of drug-likeness (QED) is 0.793. The molecule has 1 aliphatic rings. The Morgan fingerprint density at radius 2 is 1.96 bits per heavy atom. The SMILES string of the molecule is CCN(CC)CCN1CCC(c2nsc3ccc(C)cc23)CC1. The summed E-state index contributed by atoms with van der Waals surface area (Å²) in [5.41, 5.74) is 2.70. The molecular weight excluding hydrogens is 302 g/mol. The molecule has 3 rings (SSSR count). The van der Waals surface area contributed by atoms with Crippen LogP contribution in [-0.4, -0.2) is 53.4 Å². The summed E-state index contributed by atoms with van der Waals surface area (Å²) in [6.07, 6.45) is 2.51. The third-order valence-electron chi connectivity index (χ3n) is 5.25. The molecule has 0 aliphatic carbocycles. The van der Waals surface area contributed by atoms with Gasteiger partial charge in [0.1, 0.15) is 0 Å². The molecule has 126 valence electrons. The van der Waals surface area contributed by atoms with Crippen LogP contribution in [0.4, 0.5) is 0 Å². The highest BCUT2D eigenvalue weighted by Crippen LogP contribution is 2.34. The Bertz CT molecular complexity index is 625. The predicted octanol–water partition coefficient (Wildman–Crippen LogP) is 4.13. The predicted molar refractivity (Wildman–Crippen MR) is 101 cm³/mol. The molecule has 1 aromatic carbocycles. The molecule has 1 saturated heterocycles. The molecule has 1 fully saturated rings. The van der Waals surface area contributed by atoms with Crippen LogP contribution in [0.1, 0.15) is 43.9 Å². The molecule has 4 heteroatoms. The second kappa shape index (κ2) is 7.73. The number of hydrogen-bond donors (Lipinski definition) is 0. The number of likely N-dealkylation sites (tertiary alicyclic amines) is 1. The van der Waals surface area contributed by atoms with Gasteiger partial charge in [0.25, 0.3) is 0 Å². The van der Waals surface area contributed by atoms with Gasteiger partial charge >= 0.3 is 0 Å². The molecule has 0 spiro atoms. The van der Waals surface area contributed by atoms with E-state index >= 15 is 0 Å². The summed E-state index contributed by atoms with van der Waals surface area (Å²) in [5.74, 6) is 0.648. The van der Waals surface area contributed by atoms with Gasteiger partial charge in [0.05, 0.1) is 10.4 Å². The average molecular weight is 332 g/mol. The number of nitrogens with zero attached hydrogens (tertiary/aromatic N) is 3. The van der Waals surface area contributed by atoms with Crippen molar-refractivity contribution in [2.24, 2.45) is 0 Å². The van der Waals surface area contributed by atoms with Crippen molar-refractivity contribution in [3.63, 3.8) is 0 Å². The fourth-order valence-electron chi connectivity index (χ4n) is 3.62. The lowest BCUT2D eigenvalue weighted by Crippen LogP contribution is -2.39. The second-order valence-electron chi connectivity index (χ2n) is 6.71. The van der Waals surface area contributed by atoms with E-state index in [0.29, 0.717) is 5.92 Å². The topological polar surface area (TPSA) is 19.4 Å². The van der Waals surface area contributed by atoms with Crippen LogP contribution in [0.5, 0.6) is 0 Å². The smallest absolute Gasteiger partial charge is 0.0652 e. The van der Waals surface area contributed by atoms with E-state index in [4.69, 9.17) is 4.37 Å². The number of piperidine rings is 1. The van der Waals surface area contributed by atoms with Gasteiger partial charge in [-0.25, -0.2) is 0 Å². The second-order valence-corrected chi connectivity index (χ2v) is 7.52. The molecule has 0 N–H and O–H groups in total. The molecule has 0 atom stereocenters. The minimum absolute atomic E-state index is 0.648. The lowest BCUT2D eigenvalue weighted by Gasteiger charge is -2.32. The first-order valence-corrected chi connectivity index (χ1v) is 9.79. The van der Waals surface area contributed by atoms with Gasteiger partial charge in [-0.3, -0.25) is 0 Å². The number of aromatic nitrogens is 1. The van der Waals surface area contributed by atoms with E-state index in [1.54, 1.807) is 11.5 Å². The highest BCUT2D eigenvalue weighted by Gasteiger charge is 2.24. The Labute approximate surface area is 144 Å². The first-order chi connectivity index (χ1) is 11.2. The van der Waals surface area contributed by atoms with Gasteiger partial charge in [-0.05, 0) is 69.6 Å². The Kier molecular flexibility index (Phi) is 5.67. The van der Waals surface area contributed by atoms with Crippen molar-refractivity contribution in [3.8, 4) is 0 Å². The van der Waals surface area contributed by atoms with Gasteiger partial charge in [-0.1, -0.05) is 25.5 Å². The Hall–Kier alpha value is -0.970. The monoisotopic (exact) mass is 331 g/mol. The molecular formula is C19H29N3S. The number of hydrogen-bond acceptors (Lipinski definition) is 4. The van der Waals surface area contributed by atoms with E-state index in [0.717, 1.165) is 13.1 Å². The van der Waals surface area contributed by atoms with Crippen LogP contribution in [0, 0.1) is 6.92 Å². The molecule has 0 unspecified atom stereocenters. The summed E-state index contributed by atoms with van der Waals surface area (Å²) in [5, 5.41) is 1.40. The van der Waals surface area contributed by atoms with Crippen LogP contribution in [0.25, 0.3) is 10.1 Å². The van der Waals surface area contributed by atoms with Crippen molar-refractivity contribution in [2.45, 2.75) is 39.5 Å². The summed E-state index contributed by atoms with van der Waals surface area (Å²) in [6, 6.07) is 6.74. The maximum Gasteiger partial charge on any atom is 0.0652 e. The van der Waals surface area contributed by atoms with E-state index in [1.165, 1.54) is 60.4 Å². The first-order valence-electron chi connectivity index (χ1n) is 9.02. The van der Waals surface area contributed by atoms with Gasteiger partial charge in [0, 0.05) is 24.4 Å². The standard InChI is InChI=1S/C19H29N3S/c1-4-21(5-2)12-13-22-10-8-16(9-11-22)19-17-14-15(3)6-7-18(17)23-20-19/h6-7,14,16H,4-5,8-13H2,1-3H3. The lowest BCUT2D eigenvalue weighted by atomic mass is 9.91. The maximum atomic E-state index is 4.80. The van der Waals surface area contributed by atoms with E-state index < -0.39 is 0 Å². The molecule has 0 saturated carbocycles. The molecule has 2 heterocycles. The van der Waals surface area contributed by atoms with Crippen LogP contribution in [0.3, 0.4) is 0 Å². The van der Waals surface area contributed by atoms with E-state index in [9.17, 15) is 0 Å². The number of aryl methyl sites for hydroxylation is 1. The zero-order valence-electron chi connectivity index (χ0n) is 14.7. The van der Waals surface area contributed by atoms with Crippen molar-refractivity contribution < 1.29 is 0 Å². The summed E-state index contributed by atoms with van der Waals surface area (Å²) in [7, 11) is 0. The molecule has 3 nitrogen and oxygen atoms in total. The first kappa shape index (κ1) is 16.9. The van der Waals surface area contributed by atoms with Crippen LogP contribution in [0.15, 0.2) is 18.2 Å². The Morgan fingerprint density at radius 1 is 1.22 bits per heavy atom. The highest BCUT2D eigenvalue weighted by atomic mass is 32.1. The van der Waals surface area contributed by atoms with Crippen molar-refractivity contribution in [1.29, 1.82) is 0 Å². The molecule has 0 bridgehead atoms. The average Bonchev–Trinajstić information content (AvgIpc) is 2.99. The summed E-state index contributed by atoms with van der Waals surface area (Å²) < 4.78 is 6.14. The third kappa shape index (κ3) is 3.93. The molecule has 0 amide bonds. The number of fused-ring (bicyclic) bond motifs is 1. The molecule has 1 aromatic heterocycles. The van der Waals surface area contributed by atoms with Gasteiger partial charge in [-0.15, -0.1) is 0 Å². The van der Waals surface area contributed by atoms with Crippen LogP contribution in [-0.2, 0) is 0 Å². The van der Waals surface area contributed by atoms with E-state index in [2.05, 4.69) is 48.8 Å². The third-order valence-corrected chi connectivity index (χ3v) is 6.10. The number of likely N-dealkylation sites (N-methyl/N-ethyl adjacent to an activating group) is 1. The Balaban J connectivity index is 1.59. The van der Waals surface area contributed by atoms with Gasteiger partial charge < -0.3 is 9.80 Å². The molecule has 0 radical (unpaired) electrons. The van der Waals surface area contributed by atoms with E-state index in [1.807, 2.05) is 0 Å². The van der Waals surface area contributed by atoms with Crippen molar-refractivity contribution in [1.82, 2.24) is 14.2 Å². The Morgan fingerprint density at radius 3 is 2.65 bits per heavy atom. The molecule has 2 aromatic rings. The fourth-order valence-corrected chi connectivity index (χ4v) is 4.45. The van der Waals surface area contributed by atoms with Crippen molar-refractivity contribution in [2.75, 3.05) is 39.3 Å². The maximum absolute atomic E-state index is 4.80. The normalized spacial score (nSPS) is 17.4. The number of benzene rings is 1. The van der Waals surface area contributed by atoms with Crippen molar-refractivity contribution in [3.05, 3.63) is 29.5 Å². The summed E-state index contributed by atoms with van der Waals surface area (Å²) in [6.45, 7) is 13.9. The van der Waals surface area contributed by atoms with Crippen LogP contribution in [0.2, 0.25) is 0 Å². The zero-order chi connectivity index (χ0) is 16.2.